The van der Waals surface area contributed by atoms with Gasteiger partial charge in [-0.05, 0) is 35.2 Å². The molecule has 0 aliphatic carbocycles. The van der Waals surface area contributed by atoms with Crippen LogP contribution in [-0.4, -0.2) is 18.2 Å². The molecule has 3 aromatic rings. The van der Waals surface area contributed by atoms with Gasteiger partial charge in [-0.25, -0.2) is 0 Å². The number of nitrogens with zero attached hydrogens (tertiary/aromatic N) is 1. The summed E-state index contributed by atoms with van der Waals surface area (Å²) < 4.78 is 15.7. The molecule has 0 spiro atoms. The molecule has 1 aromatic carbocycles. The molecule has 0 saturated heterocycles. The zero-order valence-electron chi connectivity index (χ0n) is 14.6. The van der Waals surface area contributed by atoms with Crippen LogP contribution in [0.1, 0.15) is 36.8 Å². The lowest BCUT2D eigenvalue weighted by Crippen LogP contribution is -2.15. The fourth-order valence-electron chi connectivity index (χ4n) is 2.38. The van der Waals surface area contributed by atoms with Crippen LogP contribution >= 0.6 is 0 Å². The van der Waals surface area contributed by atoms with Crippen molar-refractivity contribution in [3.63, 3.8) is 0 Å². The second kappa shape index (κ2) is 6.47. The van der Waals surface area contributed by atoms with Crippen molar-refractivity contribution < 1.29 is 18.5 Å². The van der Waals surface area contributed by atoms with Gasteiger partial charge in [0.05, 0.1) is 19.1 Å². The standard InChI is InChI=1S/C19H20N2O4/c1-19(2,3)12-7-8-15(23-4)13(10-12)20-18(22)14-11-17(25-21-14)16-6-5-9-24-16/h5-11H,1-4H3,(H,20,22). The minimum absolute atomic E-state index is 0.0495. The molecule has 6 nitrogen and oxygen atoms in total. The molecule has 2 heterocycles. The minimum Gasteiger partial charge on any atom is -0.495 e. The van der Waals surface area contributed by atoms with Gasteiger partial charge < -0.3 is 19.0 Å². The third-order valence-electron chi connectivity index (χ3n) is 3.82. The highest BCUT2D eigenvalue weighted by molar-refractivity contribution is 6.04. The quantitative estimate of drug-likeness (QED) is 0.757. The number of benzene rings is 1. The van der Waals surface area contributed by atoms with Crippen LogP contribution in [0.15, 0.2) is 51.6 Å². The van der Waals surface area contributed by atoms with Gasteiger partial charge in [0.1, 0.15) is 5.75 Å². The number of ether oxygens (including phenoxy) is 1. The monoisotopic (exact) mass is 340 g/mol. The molecule has 0 saturated carbocycles. The largest absolute Gasteiger partial charge is 0.495 e. The Balaban J connectivity index is 1.85. The second-order valence-corrected chi connectivity index (χ2v) is 6.67. The summed E-state index contributed by atoms with van der Waals surface area (Å²) in [7, 11) is 1.56. The number of furan rings is 1. The third-order valence-corrected chi connectivity index (χ3v) is 3.82. The number of nitrogens with one attached hydrogen (secondary N) is 1. The molecule has 25 heavy (non-hydrogen) atoms. The number of methoxy groups -OCH3 is 1. The Morgan fingerprint density at radius 2 is 1.96 bits per heavy atom. The first-order valence-electron chi connectivity index (χ1n) is 7.89. The van der Waals surface area contributed by atoms with Gasteiger partial charge in [-0.3, -0.25) is 4.79 Å². The molecule has 130 valence electrons. The summed E-state index contributed by atoms with van der Waals surface area (Å²) in [6.45, 7) is 6.31. The molecule has 3 rings (SSSR count). The van der Waals surface area contributed by atoms with Gasteiger partial charge >= 0.3 is 0 Å². The average molecular weight is 340 g/mol. The van der Waals surface area contributed by atoms with Crippen LogP contribution in [0.3, 0.4) is 0 Å². The molecule has 0 unspecified atom stereocenters. The Morgan fingerprint density at radius 1 is 1.16 bits per heavy atom. The van der Waals surface area contributed by atoms with E-state index >= 15 is 0 Å². The van der Waals surface area contributed by atoms with E-state index in [1.165, 1.54) is 12.3 Å². The lowest BCUT2D eigenvalue weighted by Gasteiger charge is -2.21. The number of rotatable bonds is 4. The van der Waals surface area contributed by atoms with Crippen molar-refractivity contribution in [3.8, 4) is 17.3 Å². The number of amides is 1. The van der Waals surface area contributed by atoms with Gasteiger partial charge in [0.15, 0.2) is 11.5 Å². The van der Waals surface area contributed by atoms with Gasteiger partial charge in [0, 0.05) is 6.07 Å². The normalized spacial score (nSPS) is 11.4. The summed E-state index contributed by atoms with van der Waals surface area (Å²) >= 11 is 0. The first-order chi connectivity index (χ1) is 11.9. The summed E-state index contributed by atoms with van der Waals surface area (Å²) in [4.78, 5) is 12.5. The molecule has 0 bridgehead atoms. The van der Waals surface area contributed by atoms with Crippen LogP contribution in [0.2, 0.25) is 0 Å². The molecule has 0 aliphatic heterocycles. The zero-order valence-corrected chi connectivity index (χ0v) is 14.6. The molecule has 6 heteroatoms. The SMILES string of the molecule is COc1ccc(C(C)(C)C)cc1NC(=O)c1cc(-c2ccco2)on1. The number of aromatic nitrogens is 1. The molecule has 0 aliphatic rings. The molecule has 1 N–H and O–H groups in total. The van der Waals surface area contributed by atoms with E-state index in [2.05, 4.69) is 31.2 Å². The van der Waals surface area contributed by atoms with Gasteiger partial charge in [-0.15, -0.1) is 0 Å². The molecule has 0 radical (unpaired) electrons. The number of carbonyl (C=O) groups is 1. The van der Waals surface area contributed by atoms with Crippen LogP contribution in [0.5, 0.6) is 5.75 Å². The maximum atomic E-state index is 12.5. The first-order valence-corrected chi connectivity index (χ1v) is 7.89. The van der Waals surface area contributed by atoms with Gasteiger partial charge in [0.2, 0.25) is 5.76 Å². The van der Waals surface area contributed by atoms with Gasteiger partial charge in [-0.1, -0.05) is 32.0 Å². The Morgan fingerprint density at radius 3 is 2.60 bits per heavy atom. The van der Waals surface area contributed by atoms with Crippen molar-refractivity contribution in [1.29, 1.82) is 0 Å². The van der Waals surface area contributed by atoms with E-state index in [4.69, 9.17) is 13.7 Å². The van der Waals surface area contributed by atoms with Crippen molar-refractivity contribution in [2.75, 3.05) is 12.4 Å². The fraction of sp³-hybridized carbons (Fsp3) is 0.263. The number of hydrogen-bond acceptors (Lipinski definition) is 5. The lowest BCUT2D eigenvalue weighted by molar-refractivity contribution is 0.101. The summed E-state index contributed by atoms with van der Waals surface area (Å²) in [5.74, 6) is 1.10. The number of anilines is 1. The first kappa shape index (κ1) is 16.8. The second-order valence-electron chi connectivity index (χ2n) is 6.67. The van der Waals surface area contributed by atoms with E-state index in [0.717, 1.165) is 5.56 Å². The van der Waals surface area contributed by atoms with E-state index in [-0.39, 0.29) is 17.0 Å². The predicted molar refractivity (Wildman–Crippen MR) is 93.9 cm³/mol. The lowest BCUT2D eigenvalue weighted by atomic mass is 9.87. The smallest absolute Gasteiger partial charge is 0.277 e. The van der Waals surface area contributed by atoms with Crippen LogP contribution in [0.25, 0.3) is 11.5 Å². The average Bonchev–Trinajstić information content (AvgIpc) is 3.25. The van der Waals surface area contributed by atoms with Crippen LogP contribution in [0, 0.1) is 0 Å². The summed E-state index contributed by atoms with van der Waals surface area (Å²) in [5, 5.41) is 6.64. The van der Waals surface area contributed by atoms with Crippen LogP contribution in [0.4, 0.5) is 5.69 Å². The highest BCUT2D eigenvalue weighted by atomic mass is 16.5. The Kier molecular flexibility index (Phi) is 4.35. The minimum atomic E-state index is -0.383. The molecule has 1 amide bonds. The summed E-state index contributed by atoms with van der Waals surface area (Å²) in [6, 6.07) is 10.7. The van der Waals surface area contributed by atoms with E-state index in [1.807, 2.05) is 18.2 Å². The highest BCUT2D eigenvalue weighted by Crippen LogP contribution is 2.32. The maximum Gasteiger partial charge on any atom is 0.277 e. The number of hydrogen-bond donors (Lipinski definition) is 1. The third kappa shape index (κ3) is 3.57. The van der Waals surface area contributed by atoms with Crippen molar-refractivity contribution >= 4 is 11.6 Å². The van der Waals surface area contributed by atoms with E-state index < -0.39 is 0 Å². The highest BCUT2D eigenvalue weighted by Gasteiger charge is 2.19. The van der Waals surface area contributed by atoms with Crippen LogP contribution < -0.4 is 10.1 Å². The molecule has 0 fully saturated rings. The van der Waals surface area contributed by atoms with Crippen molar-refractivity contribution in [1.82, 2.24) is 5.16 Å². The Bertz CT molecular complexity index is 873. The number of carbonyl (C=O) groups excluding carboxylic acids is 1. The molecule has 2 aromatic heterocycles. The van der Waals surface area contributed by atoms with E-state index in [0.29, 0.717) is 23.0 Å². The van der Waals surface area contributed by atoms with Gasteiger partial charge in [0.25, 0.3) is 5.91 Å². The Labute approximate surface area is 145 Å². The topological polar surface area (TPSA) is 77.5 Å². The van der Waals surface area contributed by atoms with E-state index in [9.17, 15) is 4.79 Å². The molecular formula is C19H20N2O4. The summed E-state index contributed by atoms with van der Waals surface area (Å²) in [6.07, 6.45) is 1.53. The van der Waals surface area contributed by atoms with Gasteiger partial charge in [-0.2, -0.15) is 0 Å². The van der Waals surface area contributed by atoms with Crippen LogP contribution in [-0.2, 0) is 5.41 Å². The maximum absolute atomic E-state index is 12.5. The fourth-order valence-corrected chi connectivity index (χ4v) is 2.38. The molecule has 0 atom stereocenters. The van der Waals surface area contributed by atoms with Crippen molar-refractivity contribution in [2.24, 2.45) is 0 Å². The summed E-state index contributed by atoms with van der Waals surface area (Å²) in [5.41, 5.74) is 1.78. The molecular weight excluding hydrogens is 320 g/mol. The van der Waals surface area contributed by atoms with E-state index in [1.54, 1.807) is 19.2 Å². The zero-order chi connectivity index (χ0) is 18.0. The Hall–Kier alpha value is -3.02. The van der Waals surface area contributed by atoms with Crippen molar-refractivity contribution in [3.05, 3.63) is 53.9 Å². The van der Waals surface area contributed by atoms with Crippen molar-refractivity contribution in [2.45, 2.75) is 26.2 Å². The predicted octanol–water partition coefficient (Wildman–Crippen LogP) is 4.49.